The third-order valence-electron chi connectivity index (χ3n) is 1.38. The van der Waals surface area contributed by atoms with Crippen LogP contribution in [0, 0.1) is 11.3 Å². The Morgan fingerprint density at radius 2 is 2.23 bits per heavy atom. The molecule has 0 aromatic carbocycles. The molecule has 1 heterocycles. The predicted molar refractivity (Wildman–Crippen MR) is 44.4 cm³/mol. The zero-order valence-electron chi connectivity index (χ0n) is 6.14. The lowest BCUT2D eigenvalue weighted by atomic mass is 10.2. The van der Waals surface area contributed by atoms with E-state index in [-0.39, 0.29) is 10.2 Å². The lowest BCUT2D eigenvalue weighted by molar-refractivity contribution is 0.150. The van der Waals surface area contributed by atoms with Gasteiger partial charge in [0.1, 0.15) is 11.6 Å². The van der Waals surface area contributed by atoms with Gasteiger partial charge in [-0.05, 0) is 22.0 Å². The summed E-state index contributed by atoms with van der Waals surface area (Å²) in [6.45, 7) is 0. The van der Waals surface area contributed by atoms with Gasteiger partial charge in [0, 0.05) is 0 Å². The first-order valence-electron chi connectivity index (χ1n) is 3.17. The van der Waals surface area contributed by atoms with E-state index in [2.05, 4.69) is 20.9 Å². The van der Waals surface area contributed by atoms with Gasteiger partial charge in [-0.15, -0.1) is 0 Å². The van der Waals surface area contributed by atoms with E-state index in [1.807, 2.05) is 0 Å². The molecule has 1 N–H and O–H groups in total. The first-order valence-corrected chi connectivity index (χ1v) is 3.96. The maximum Gasteiger partial charge on any atom is 0.266 e. The highest BCUT2D eigenvalue weighted by molar-refractivity contribution is 9.10. The number of alkyl halides is 2. The van der Waals surface area contributed by atoms with Crippen LogP contribution in [0.3, 0.4) is 0 Å². The Bertz CT molecular complexity index is 421. The van der Waals surface area contributed by atoms with E-state index in [4.69, 9.17) is 5.26 Å². The molecule has 0 atom stereocenters. The Morgan fingerprint density at radius 1 is 1.62 bits per heavy atom. The van der Waals surface area contributed by atoms with Crippen LogP contribution in [0.1, 0.15) is 17.6 Å². The molecule has 0 amide bonds. The molecule has 0 aliphatic carbocycles. The number of hydrogen-bond acceptors (Lipinski definition) is 2. The minimum Gasteiger partial charge on any atom is -0.315 e. The number of nitriles is 1. The normalized spacial score (nSPS) is 10.1. The van der Waals surface area contributed by atoms with Crippen LogP contribution in [0.15, 0.2) is 15.5 Å². The summed E-state index contributed by atoms with van der Waals surface area (Å²) in [5.74, 6) is 0. The third-order valence-corrected chi connectivity index (χ3v) is 2.03. The molecule has 0 saturated heterocycles. The van der Waals surface area contributed by atoms with E-state index in [0.717, 1.165) is 6.07 Å². The summed E-state index contributed by atoms with van der Waals surface area (Å²) < 4.78 is 24.3. The second-order valence-electron chi connectivity index (χ2n) is 2.19. The van der Waals surface area contributed by atoms with Crippen molar-refractivity contribution in [2.45, 2.75) is 6.43 Å². The summed E-state index contributed by atoms with van der Waals surface area (Å²) in [7, 11) is 0. The number of nitrogens with one attached hydrogen (secondary N) is 1. The van der Waals surface area contributed by atoms with Crippen LogP contribution >= 0.6 is 15.9 Å². The lowest BCUT2D eigenvalue weighted by Gasteiger charge is -2.01. The lowest BCUT2D eigenvalue weighted by Crippen LogP contribution is -2.11. The fourth-order valence-corrected chi connectivity index (χ4v) is 1.23. The van der Waals surface area contributed by atoms with Crippen LogP contribution in [-0.2, 0) is 0 Å². The molecule has 0 unspecified atom stereocenters. The summed E-state index contributed by atoms with van der Waals surface area (Å²) in [5, 5.41) is 8.39. The van der Waals surface area contributed by atoms with E-state index in [0.29, 0.717) is 0 Å². The summed E-state index contributed by atoms with van der Waals surface area (Å²) in [4.78, 5) is 13.0. The molecule has 1 aromatic rings. The van der Waals surface area contributed by atoms with Crippen LogP contribution in [0.5, 0.6) is 0 Å². The van der Waals surface area contributed by atoms with Crippen LogP contribution in [0.2, 0.25) is 0 Å². The third kappa shape index (κ3) is 1.92. The number of nitrogens with zero attached hydrogens (tertiary/aromatic N) is 1. The molecule has 3 nitrogen and oxygen atoms in total. The molecule has 0 fully saturated rings. The van der Waals surface area contributed by atoms with Crippen molar-refractivity contribution >= 4 is 15.9 Å². The van der Waals surface area contributed by atoms with Gasteiger partial charge < -0.3 is 4.98 Å². The molecule has 0 saturated carbocycles. The average Bonchev–Trinajstić information content (AvgIpc) is 2.03. The molecule has 6 heteroatoms. The number of rotatable bonds is 1. The van der Waals surface area contributed by atoms with Gasteiger partial charge >= 0.3 is 0 Å². The molecule has 68 valence electrons. The topological polar surface area (TPSA) is 56.6 Å². The highest BCUT2D eigenvalue weighted by Crippen LogP contribution is 2.24. The fourth-order valence-electron chi connectivity index (χ4n) is 0.765. The Balaban J connectivity index is 3.42. The number of hydrogen-bond donors (Lipinski definition) is 1. The van der Waals surface area contributed by atoms with E-state index in [9.17, 15) is 13.6 Å². The van der Waals surface area contributed by atoms with Crippen molar-refractivity contribution < 1.29 is 8.78 Å². The van der Waals surface area contributed by atoms with Crippen molar-refractivity contribution in [1.29, 1.82) is 5.26 Å². The Kier molecular flexibility index (Phi) is 2.78. The molecule has 0 radical (unpaired) electrons. The van der Waals surface area contributed by atoms with Gasteiger partial charge in [-0.1, -0.05) is 0 Å². The minimum atomic E-state index is -2.72. The van der Waals surface area contributed by atoms with E-state index < -0.39 is 17.5 Å². The molecule has 1 aromatic heterocycles. The van der Waals surface area contributed by atoms with Crippen LogP contribution in [-0.4, -0.2) is 4.98 Å². The first-order chi connectivity index (χ1) is 6.06. The minimum absolute atomic E-state index is 0.0912. The average molecular weight is 249 g/mol. The monoisotopic (exact) mass is 248 g/mol. The Labute approximate surface area is 80.1 Å². The highest BCUT2D eigenvalue weighted by atomic mass is 79.9. The molecular formula is C7H3BrF2N2O. The number of H-pyrrole nitrogens is 1. The Hall–Kier alpha value is -1.22. The van der Waals surface area contributed by atoms with Gasteiger partial charge in [-0.3, -0.25) is 4.79 Å². The van der Waals surface area contributed by atoms with E-state index in [1.165, 1.54) is 6.07 Å². The summed E-state index contributed by atoms with van der Waals surface area (Å²) in [5.41, 5.74) is -1.39. The van der Waals surface area contributed by atoms with Gasteiger partial charge in [-0.25, -0.2) is 8.78 Å². The van der Waals surface area contributed by atoms with Crippen molar-refractivity contribution in [3.05, 3.63) is 32.2 Å². The number of pyridine rings is 1. The molecule has 0 aliphatic heterocycles. The van der Waals surface area contributed by atoms with Crippen LogP contribution < -0.4 is 5.56 Å². The largest absolute Gasteiger partial charge is 0.315 e. The van der Waals surface area contributed by atoms with Crippen molar-refractivity contribution in [3.8, 4) is 6.07 Å². The highest BCUT2D eigenvalue weighted by Gasteiger charge is 2.14. The van der Waals surface area contributed by atoms with Gasteiger partial charge in [0.15, 0.2) is 0 Å². The second-order valence-corrected chi connectivity index (χ2v) is 2.99. The number of halogens is 3. The zero-order valence-corrected chi connectivity index (χ0v) is 7.73. The van der Waals surface area contributed by atoms with Crippen molar-refractivity contribution in [1.82, 2.24) is 4.98 Å². The predicted octanol–water partition coefficient (Wildman–Crippen LogP) is 1.95. The summed E-state index contributed by atoms with van der Waals surface area (Å²) in [6.07, 6.45) is -2.72. The molecule has 0 spiro atoms. The second kappa shape index (κ2) is 3.66. The van der Waals surface area contributed by atoms with E-state index >= 15 is 0 Å². The quantitative estimate of drug-likeness (QED) is 0.773. The van der Waals surface area contributed by atoms with Crippen molar-refractivity contribution in [3.63, 3.8) is 0 Å². The number of aromatic nitrogens is 1. The molecule has 1 rings (SSSR count). The Morgan fingerprint density at radius 3 is 2.69 bits per heavy atom. The molecule has 0 bridgehead atoms. The first kappa shape index (κ1) is 9.86. The SMILES string of the molecule is N#Cc1cc(C(F)F)c(Br)[nH]c1=O. The maximum absolute atomic E-state index is 12.2. The smallest absolute Gasteiger partial charge is 0.266 e. The molecule has 13 heavy (non-hydrogen) atoms. The van der Waals surface area contributed by atoms with Gasteiger partial charge in [0.2, 0.25) is 0 Å². The molecule has 0 aliphatic rings. The fraction of sp³-hybridized carbons (Fsp3) is 0.143. The molecular weight excluding hydrogens is 246 g/mol. The number of aromatic amines is 1. The van der Waals surface area contributed by atoms with E-state index in [1.54, 1.807) is 0 Å². The van der Waals surface area contributed by atoms with Gasteiger partial charge in [0.25, 0.3) is 12.0 Å². The summed E-state index contributed by atoms with van der Waals surface area (Å²) >= 11 is 2.77. The standard InChI is InChI=1S/C7H3BrF2N2O/c8-5-4(6(9)10)1-3(2-11)7(13)12-5/h1,6H,(H,12,13). The maximum atomic E-state index is 12.2. The van der Waals surface area contributed by atoms with Crippen molar-refractivity contribution in [2.24, 2.45) is 0 Å². The van der Waals surface area contributed by atoms with Crippen LogP contribution in [0.25, 0.3) is 0 Å². The van der Waals surface area contributed by atoms with Gasteiger partial charge in [0.05, 0.1) is 10.2 Å². The van der Waals surface area contributed by atoms with Crippen molar-refractivity contribution in [2.75, 3.05) is 0 Å². The van der Waals surface area contributed by atoms with Crippen LogP contribution in [0.4, 0.5) is 8.78 Å². The summed E-state index contributed by atoms with van der Waals surface area (Å²) in [6, 6.07) is 2.39. The zero-order chi connectivity index (χ0) is 10.0. The van der Waals surface area contributed by atoms with Gasteiger partial charge in [-0.2, -0.15) is 5.26 Å².